The molecule has 2 fully saturated rings. The Kier molecular flexibility index (Phi) is 5.34. The fourth-order valence-corrected chi connectivity index (χ4v) is 6.11. The van der Waals surface area contributed by atoms with Gasteiger partial charge in [-0.1, -0.05) is 24.3 Å². The van der Waals surface area contributed by atoms with Gasteiger partial charge in [0, 0.05) is 22.2 Å². The second-order valence-electron chi connectivity index (χ2n) is 12.1. The third-order valence-electron chi connectivity index (χ3n) is 9.02. The molecule has 2 saturated heterocycles. The molecule has 2 heteroatoms. The smallest absolute Gasteiger partial charge is 0.0187 e. The van der Waals surface area contributed by atoms with Crippen LogP contribution >= 0.6 is 0 Å². The first-order valence-electron chi connectivity index (χ1n) is 11.2. The van der Waals surface area contributed by atoms with Crippen LogP contribution < -0.4 is 0 Å². The van der Waals surface area contributed by atoms with E-state index in [-0.39, 0.29) is 11.1 Å². The van der Waals surface area contributed by atoms with Crippen LogP contribution in [0.4, 0.5) is 0 Å². The Hall–Kier alpha value is -0.860. The lowest BCUT2D eigenvalue weighted by molar-refractivity contribution is 0.0995. The third-order valence-corrected chi connectivity index (χ3v) is 9.02. The molecule has 0 spiro atoms. The fraction of sp³-hybridized carbons (Fsp3) is 0.769. The van der Waals surface area contributed by atoms with E-state index >= 15 is 0 Å². The van der Waals surface area contributed by atoms with Crippen molar-refractivity contribution in [3.8, 4) is 0 Å². The number of nitrogens with zero attached hydrogens (tertiary/aromatic N) is 2. The zero-order valence-corrected chi connectivity index (χ0v) is 20.2. The van der Waals surface area contributed by atoms with E-state index in [9.17, 15) is 0 Å². The number of likely N-dealkylation sites (tertiary alicyclic amines) is 2. The van der Waals surface area contributed by atoms with E-state index in [1.54, 1.807) is 0 Å². The molecule has 2 aliphatic rings. The van der Waals surface area contributed by atoms with Gasteiger partial charge in [0.05, 0.1) is 0 Å². The van der Waals surface area contributed by atoms with Gasteiger partial charge in [0.1, 0.15) is 0 Å². The van der Waals surface area contributed by atoms with Gasteiger partial charge >= 0.3 is 0 Å². The molecule has 158 valence electrons. The quantitative estimate of drug-likeness (QED) is 0.648. The maximum absolute atomic E-state index is 2.58. The topological polar surface area (TPSA) is 6.48 Å². The highest BCUT2D eigenvalue weighted by atomic mass is 15.3. The van der Waals surface area contributed by atoms with Gasteiger partial charge in [-0.05, 0) is 118 Å². The van der Waals surface area contributed by atoms with Crippen molar-refractivity contribution in [3.05, 3.63) is 35.4 Å². The summed E-state index contributed by atoms with van der Waals surface area (Å²) in [5.74, 6) is 1.42. The lowest BCUT2D eigenvalue weighted by Gasteiger charge is -2.38. The summed E-state index contributed by atoms with van der Waals surface area (Å²) in [5, 5.41) is 0. The van der Waals surface area contributed by atoms with E-state index < -0.39 is 0 Å². The van der Waals surface area contributed by atoms with Crippen molar-refractivity contribution in [1.29, 1.82) is 0 Å². The van der Waals surface area contributed by atoms with Crippen LogP contribution in [0.15, 0.2) is 24.3 Å². The molecule has 2 nitrogen and oxygen atoms in total. The molecule has 0 radical (unpaired) electrons. The lowest BCUT2D eigenvalue weighted by Crippen LogP contribution is -2.47. The number of rotatable bonds is 4. The van der Waals surface area contributed by atoms with Crippen LogP contribution in [0.2, 0.25) is 0 Å². The monoisotopic (exact) mass is 384 g/mol. The second-order valence-corrected chi connectivity index (χ2v) is 12.1. The van der Waals surface area contributed by atoms with Crippen LogP contribution in [0.3, 0.4) is 0 Å². The number of hydrogen-bond acceptors (Lipinski definition) is 2. The molecule has 2 unspecified atom stereocenters. The van der Waals surface area contributed by atoms with Crippen molar-refractivity contribution >= 4 is 0 Å². The third kappa shape index (κ3) is 3.67. The van der Waals surface area contributed by atoms with Crippen LogP contribution in [-0.4, -0.2) is 46.1 Å². The molecule has 28 heavy (non-hydrogen) atoms. The minimum atomic E-state index is 0.256. The van der Waals surface area contributed by atoms with E-state index in [1.165, 1.54) is 36.8 Å². The van der Waals surface area contributed by atoms with Crippen LogP contribution in [-0.2, 0) is 12.8 Å². The normalized spacial score (nSPS) is 31.4. The van der Waals surface area contributed by atoms with Gasteiger partial charge < -0.3 is 0 Å². The predicted molar refractivity (Wildman–Crippen MR) is 122 cm³/mol. The summed E-state index contributed by atoms with van der Waals surface area (Å²) in [6, 6.07) is 9.59. The molecule has 2 aliphatic heterocycles. The fourth-order valence-electron chi connectivity index (χ4n) is 6.11. The van der Waals surface area contributed by atoms with Gasteiger partial charge in [-0.15, -0.1) is 0 Å². The van der Waals surface area contributed by atoms with Crippen LogP contribution in [0, 0.1) is 11.8 Å². The SMILES string of the molecule is CN1C(C)(C)CC(Cc2ccc(CC3CC(C)(C)N(C)C3(C)C)cc2)C1(C)C. The maximum Gasteiger partial charge on any atom is 0.0187 e. The summed E-state index contributed by atoms with van der Waals surface area (Å²) in [7, 11) is 4.59. The van der Waals surface area contributed by atoms with Crippen LogP contribution in [0.25, 0.3) is 0 Å². The molecular weight excluding hydrogens is 340 g/mol. The molecule has 0 bridgehead atoms. The Morgan fingerprint density at radius 1 is 0.643 bits per heavy atom. The Balaban J connectivity index is 1.68. The minimum absolute atomic E-state index is 0.256. The summed E-state index contributed by atoms with van der Waals surface area (Å²) >= 11 is 0. The zero-order valence-electron chi connectivity index (χ0n) is 20.2. The molecule has 2 heterocycles. The highest BCUT2D eigenvalue weighted by molar-refractivity contribution is 5.25. The van der Waals surface area contributed by atoms with Crippen molar-refractivity contribution in [2.75, 3.05) is 14.1 Å². The number of hydrogen-bond donors (Lipinski definition) is 0. The van der Waals surface area contributed by atoms with Crippen molar-refractivity contribution in [2.45, 2.75) is 103 Å². The average molecular weight is 385 g/mol. The Labute approximate surface area is 174 Å². The summed E-state index contributed by atoms with van der Waals surface area (Å²) in [6.45, 7) is 19.2. The van der Waals surface area contributed by atoms with E-state index in [1.807, 2.05) is 0 Å². The predicted octanol–water partition coefficient (Wildman–Crippen LogP) is 5.79. The van der Waals surface area contributed by atoms with Gasteiger partial charge in [0.2, 0.25) is 0 Å². The Bertz CT molecular complexity index is 635. The molecule has 0 amide bonds. The molecule has 0 aromatic heterocycles. The summed E-state index contributed by atoms with van der Waals surface area (Å²) < 4.78 is 0. The molecule has 1 aromatic rings. The van der Waals surface area contributed by atoms with Crippen molar-refractivity contribution < 1.29 is 0 Å². The van der Waals surface area contributed by atoms with Crippen LogP contribution in [0.5, 0.6) is 0 Å². The zero-order chi connectivity index (χ0) is 21.1. The first-order valence-corrected chi connectivity index (χ1v) is 11.2. The van der Waals surface area contributed by atoms with Crippen molar-refractivity contribution in [2.24, 2.45) is 11.8 Å². The van der Waals surface area contributed by atoms with Crippen molar-refractivity contribution in [3.63, 3.8) is 0 Å². The van der Waals surface area contributed by atoms with E-state index in [0.717, 1.165) is 0 Å². The molecule has 1 aromatic carbocycles. The first kappa shape index (κ1) is 21.8. The standard InChI is InChI=1S/C26H44N2/c1-23(2)17-21(25(5,6)27(23)9)15-19-11-13-20(14-12-19)16-22-18-24(3,4)28(10)26(22,7)8/h11-14,21-22H,15-18H2,1-10H3. The second kappa shape index (κ2) is 6.84. The largest absolute Gasteiger partial charge is 0.296 e. The molecule has 0 N–H and O–H groups in total. The Morgan fingerprint density at radius 3 is 1.14 bits per heavy atom. The number of benzene rings is 1. The highest BCUT2D eigenvalue weighted by Crippen LogP contribution is 2.46. The molecule has 0 saturated carbocycles. The average Bonchev–Trinajstić information content (AvgIpc) is 2.83. The van der Waals surface area contributed by atoms with E-state index in [2.05, 4.69) is 104 Å². The van der Waals surface area contributed by atoms with Gasteiger partial charge in [-0.3, -0.25) is 9.80 Å². The summed E-state index contributed by atoms with van der Waals surface area (Å²) in [5.41, 5.74) is 4.09. The maximum atomic E-state index is 2.58. The van der Waals surface area contributed by atoms with Gasteiger partial charge in [0.25, 0.3) is 0 Å². The minimum Gasteiger partial charge on any atom is -0.296 e. The van der Waals surface area contributed by atoms with E-state index in [4.69, 9.17) is 0 Å². The van der Waals surface area contributed by atoms with Gasteiger partial charge in [-0.25, -0.2) is 0 Å². The van der Waals surface area contributed by atoms with Gasteiger partial charge in [-0.2, -0.15) is 0 Å². The molecule has 3 rings (SSSR count). The van der Waals surface area contributed by atoms with E-state index in [0.29, 0.717) is 22.9 Å². The summed E-state index contributed by atoms with van der Waals surface area (Å²) in [6.07, 6.45) is 4.92. The Morgan fingerprint density at radius 2 is 0.929 bits per heavy atom. The first-order chi connectivity index (χ1) is 12.7. The molecular formula is C26H44N2. The van der Waals surface area contributed by atoms with Crippen molar-refractivity contribution in [1.82, 2.24) is 9.80 Å². The van der Waals surface area contributed by atoms with Crippen LogP contribution in [0.1, 0.15) is 79.4 Å². The van der Waals surface area contributed by atoms with Gasteiger partial charge in [0.15, 0.2) is 0 Å². The lowest BCUT2D eigenvalue weighted by atomic mass is 9.81. The molecule has 0 aliphatic carbocycles. The highest BCUT2D eigenvalue weighted by Gasteiger charge is 2.49. The molecule has 2 atom stereocenters. The summed E-state index contributed by atoms with van der Waals surface area (Å²) in [4.78, 5) is 5.17.